The summed E-state index contributed by atoms with van der Waals surface area (Å²) < 4.78 is 24.5. The van der Waals surface area contributed by atoms with Crippen molar-refractivity contribution in [2.75, 3.05) is 45.6 Å². The number of hydrogen-bond acceptors (Lipinski definition) is 6. The van der Waals surface area contributed by atoms with E-state index in [1.807, 2.05) is 7.05 Å². The fourth-order valence-electron chi connectivity index (χ4n) is 1.87. The zero-order chi connectivity index (χ0) is 14.8. The third-order valence-corrected chi connectivity index (χ3v) is 4.75. The molecule has 20 heavy (non-hydrogen) atoms. The van der Waals surface area contributed by atoms with E-state index in [9.17, 15) is 8.42 Å². The summed E-state index contributed by atoms with van der Waals surface area (Å²) in [6.45, 7) is 2.93. The van der Waals surface area contributed by atoms with Crippen LogP contribution in [0.1, 0.15) is 0 Å². The predicted octanol–water partition coefficient (Wildman–Crippen LogP) is 0.217. The molecule has 0 unspecified atom stereocenters. The molecule has 0 bridgehead atoms. The number of sulfonamides is 1. The minimum atomic E-state index is -3.64. The van der Waals surface area contributed by atoms with Gasteiger partial charge in [0.05, 0.1) is 5.02 Å². The van der Waals surface area contributed by atoms with Gasteiger partial charge in [0.1, 0.15) is 10.7 Å². The Labute approximate surface area is 123 Å². The minimum Gasteiger partial charge on any atom is -0.372 e. The number of hydrazine groups is 1. The molecule has 0 atom stereocenters. The van der Waals surface area contributed by atoms with Crippen molar-refractivity contribution in [3.8, 4) is 0 Å². The van der Waals surface area contributed by atoms with Gasteiger partial charge >= 0.3 is 0 Å². The Morgan fingerprint density at radius 3 is 2.50 bits per heavy atom. The Balaban J connectivity index is 2.12. The molecule has 0 aromatic carbocycles. The second kappa shape index (κ2) is 6.23. The predicted molar refractivity (Wildman–Crippen MR) is 78.2 cm³/mol. The molecule has 0 radical (unpaired) electrons. The van der Waals surface area contributed by atoms with Gasteiger partial charge in [-0.05, 0) is 13.1 Å². The fraction of sp³-hybridized carbons (Fsp3) is 0.545. The molecule has 0 saturated carbocycles. The van der Waals surface area contributed by atoms with Gasteiger partial charge in [-0.2, -0.15) is 0 Å². The number of pyridine rings is 1. The van der Waals surface area contributed by atoms with Crippen molar-refractivity contribution in [1.82, 2.24) is 19.7 Å². The third-order valence-electron chi connectivity index (χ3n) is 3.12. The molecule has 1 aliphatic heterocycles. The molecule has 0 amide bonds. The molecule has 112 valence electrons. The quantitative estimate of drug-likeness (QED) is 0.826. The second-order valence-electron chi connectivity index (χ2n) is 4.64. The first-order valence-electron chi connectivity index (χ1n) is 6.21. The summed E-state index contributed by atoms with van der Waals surface area (Å²) in [4.78, 5) is 8.74. The van der Waals surface area contributed by atoms with E-state index in [1.54, 1.807) is 12.1 Å². The first-order valence-corrected chi connectivity index (χ1v) is 8.08. The lowest BCUT2D eigenvalue weighted by Gasteiger charge is -2.32. The van der Waals surface area contributed by atoms with Gasteiger partial charge in [0.25, 0.3) is 10.0 Å². The minimum absolute atomic E-state index is 0.0560. The van der Waals surface area contributed by atoms with Crippen molar-refractivity contribution in [3.63, 3.8) is 0 Å². The van der Waals surface area contributed by atoms with Crippen LogP contribution in [0.3, 0.4) is 0 Å². The maximum atomic E-state index is 12.2. The molecule has 1 aromatic rings. The van der Waals surface area contributed by atoms with Crippen molar-refractivity contribution >= 4 is 27.4 Å². The first-order chi connectivity index (χ1) is 9.42. The number of anilines is 1. The molecular weight excluding hydrogens is 302 g/mol. The fourth-order valence-corrected chi connectivity index (χ4v) is 3.29. The summed E-state index contributed by atoms with van der Waals surface area (Å²) in [6.07, 6.45) is 1.29. The van der Waals surface area contributed by atoms with E-state index in [-0.39, 0.29) is 9.92 Å². The summed E-state index contributed by atoms with van der Waals surface area (Å²) in [5.74, 6) is 0.449. The number of nitrogens with zero attached hydrogens (tertiary/aromatic N) is 3. The monoisotopic (exact) mass is 319 g/mol. The molecule has 1 fully saturated rings. The Hall–Kier alpha value is -0.930. The average Bonchev–Trinajstić information content (AvgIpc) is 2.41. The van der Waals surface area contributed by atoms with E-state index in [0.717, 1.165) is 13.1 Å². The Kier molecular flexibility index (Phi) is 4.82. The summed E-state index contributed by atoms with van der Waals surface area (Å²) in [6, 6.07) is 1.39. The highest BCUT2D eigenvalue weighted by Crippen LogP contribution is 2.22. The zero-order valence-electron chi connectivity index (χ0n) is 11.4. The Morgan fingerprint density at radius 2 is 1.95 bits per heavy atom. The van der Waals surface area contributed by atoms with E-state index < -0.39 is 10.0 Å². The van der Waals surface area contributed by atoms with Gasteiger partial charge in [0.2, 0.25) is 0 Å². The van der Waals surface area contributed by atoms with Gasteiger partial charge in [-0.25, -0.2) is 18.4 Å². The van der Waals surface area contributed by atoms with Gasteiger partial charge in [-0.3, -0.25) is 0 Å². The first kappa shape index (κ1) is 15.5. The van der Waals surface area contributed by atoms with Gasteiger partial charge in [-0.1, -0.05) is 11.6 Å². The van der Waals surface area contributed by atoms with Crippen LogP contribution in [0, 0.1) is 0 Å². The van der Waals surface area contributed by atoms with Crippen molar-refractivity contribution in [1.29, 1.82) is 0 Å². The molecule has 1 aromatic heterocycles. The van der Waals surface area contributed by atoms with Crippen LogP contribution in [0.25, 0.3) is 0 Å². The molecule has 0 aliphatic carbocycles. The number of hydrogen-bond donors (Lipinski definition) is 2. The molecular formula is C11H18ClN5O2S. The number of likely N-dealkylation sites (N-methyl/N-ethyl adjacent to an activating group) is 1. The van der Waals surface area contributed by atoms with Gasteiger partial charge < -0.3 is 10.2 Å². The largest absolute Gasteiger partial charge is 0.372 e. The maximum absolute atomic E-state index is 12.2. The van der Waals surface area contributed by atoms with Crippen molar-refractivity contribution < 1.29 is 8.42 Å². The van der Waals surface area contributed by atoms with Crippen LogP contribution in [0.4, 0.5) is 5.82 Å². The van der Waals surface area contributed by atoms with E-state index in [2.05, 4.69) is 20.0 Å². The van der Waals surface area contributed by atoms with Crippen molar-refractivity contribution in [2.45, 2.75) is 4.90 Å². The van der Waals surface area contributed by atoms with Crippen molar-refractivity contribution in [2.24, 2.45) is 0 Å². The summed E-state index contributed by atoms with van der Waals surface area (Å²) in [5.41, 5.74) is 0. The lowest BCUT2D eigenvalue weighted by Crippen LogP contribution is -2.52. The van der Waals surface area contributed by atoms with E-state index in [4.69, 9.17) is 11.6 Å². The molecule has 2 N–H and O–H groups in total. The lowest BCUT2D eigenvalue weighted by atomic mass is 10.4. The molecule has 2 rings (SSSR count). The summed E-state index contributed by atoms with van der Waals surface area (Å²) in [7, 11) is 0.0353. The third kappa shape index (κ3) is 3.58. The molecule has 9 heteroatoms. The topological polar surface area (TPSA) is 77.6 Å². The highest BCUT2D eigenvalue weighted by Gasteiger charge is 2.22. The number of nitrogens with one attached hydrogen (secondary N) is 2. The average molecular weight is 320 g/mol. The molecule has 1 saturated heterocycles. The molecule has 1 aliphatic rings. The van der Waals surface area contributed by atoms with Crippen LogP contribution in [-0.4, -0.2) is 63.6 Å². The molecule has 7 nitrogen and oxygen atoms in total. The Bertz CT molecular complexity index is 572. The highest BCUT2D eigenvalue weighted by atomic mass is 35.5. The van der Waals surface area contributed by atoms with E-state index in [0.29, 0.717) is 18.9 Å². The standard InChI is InChI=1S/C11H18ClN5O2S/c1-13-11-10(12)7-9(8-14-11)20(18,19)15-17-5-3-16(2)4-6-17/h7-8,15H,3-6H2,1-2H3,(H,13,14). The van der Waals surface area contributed by atoms with Crippen LogP contribution in [0.15, 0.2) is 17.2 Å². The maximum Gasteiger partial charge on any atom is 0.255 e. The molecule has 0 spiro atoms. The summed E-state index contributed by atoms with van der Waals surface area (Å²) in [5, 5.41) is 4.75. The number of aromatic nitrogens is 1. The molecule has 2 heterocycles. The van der Waals surface area contributed by atoms with Crippen LogP contribution in [0.2, 0.25) is 5.02 Å². The number of halogens is 1. The SMILES string of the molecule is CNc1ncc(S(=O)(=O)NN2CCN(C)CC2)cc1Cl. The second-order valence-corrected chi connectivity index (χ2v) is 6.70. The van der Waals surface area contributed by atoms with E-state index >= 15 is 0 Å². The van der Waals surface area contributed by atoms with Crippen LogP contribution in [-0.2, 0) is 10.0 Å². The van der Waals surface area contributed by atoms with Crippen LogP contribution in [0.5, 0.6) is 0 Å². The normalized spacial score (nSPS) is 18.1. The van der Waals surface area contributed by atoms with Crippen LogP contribution >= 0.6 is 11.6 Å². The Morgan fingerprint density at radius 1 is 1.30 bits per heavy atom. The number of piperazine rings is 1. The van der Waals surface area contributed by atoms with Crippen molar-refractivity contribution in [3.05, 3.63) is 17.3 Å². The zero-order valence-corrected chi connectivity index (χ0v) is 13.0. The highest BCUT2D eigenvalue weighted by molar-refractivity contribution is 7.89. The van der Waals surface area contributed by atoms with Crippen LogP contribution < -0.4 is 10.1 Å². The van der Waals surface area contributed by atoms with Gasteiger partial charge in [0.15, 0.2) is 0 Å². The summed E-state index contributed by atoms with van der Waals surface area (Å²) >= 11 is 5.96. The lowest BCUT2D eigenvalue weighted by molar-refractivity contribution is 0.135. The number of rotatable bonds is 4. The van der Waals surface area contributed by atoms with Gasteiger partial charge in [0, 0.05) is 39.4 Å². The van der Waals surface area contributed by atoms with E-state index in [1.165, 1.54) is 12.3 Å². The smallest absolute Gasteiger partial charge is 0.255 e. The van der Waals surface area contributed by atoms with Gasteiger partial charge in [-0.15, -0.1) is 4.83 Å².